The van der Waals surface area contributed by atoms with Gasteiger partial charge in [0.1, 0.15) is 25.0 Å². The molecule has 14 nitrogen and oxygen atoms in total. The van der Waals surface area contributed by atoms with Crippen molar-refractivity contribution in [3.05, 3.63) is 134 Å². The summed E-state index contributed by atoms with van der Waals surface area (Å²) in [5, 5.41) is 23.5. The molecule has 14 heteroatoms. The summed E-state index contributed by atoms with van der Waals surface area (Å²) in [6.07, 6.45) is 8.22. The Balaban J connectivity index is 0.785. The molecule has 4 atom stereocenters. The van der Waals surface area contributed by atoms with E-state index in [1.807, 2.05) is 10.9 Å². The average Bonchev–Trinajstić information content (AvgIpc) is 3.82. The first-order valence-electron chi connectivity index (χ1n) is 24.1. The number of amides is 4. The molecule has 2 saturated heterocycles. The van der Waals surface area contributed by atoms with Crippen LogP contribution < -0.4 is 19.5 Å². The molecule has 1 aromatic heterocycles. The zero-order chi connectivity index (χ0) is 47.7. The summed E-state index contributed by atoms with van der Waals surface area (Å²) in [5.41, 5.74) is 9.68. The molecule has 5 heterocycles. The number of imide groups is 2. The van der Waals surface area contributed by atoms with Crippen LogP contribution in [0.3, 0.4) is 0 Å². The first-order valence-corrected chi connectivity index (χ1v) is 24.1. The van der Waals surface area contributed by atoms with Gasteiger partial charge in [0.15, 0.2) is 11.5 Å². The highest BCUT2D eigenvalue weighted by Gasteiger charge is 2.46. The molecule has 2 N–H and O–H groups in total. The molecule has 0 aliphatic carbocycles. The van der Waals surface area contributed by atoms with Crippen LogP contribution in [0.5, 0.6) is 17.2 Å². The summed E-state index contributed by atoms with van der Waals surface area (Å²) in [6.45, 7) is 13.6. The monoisotopic (exact) mass is 922 g/mol. The van der Waals surface area contributed by atoms with Crippen LogP contribution in [-0.2, 0) is 42.2 Å². The van der Waals surface area contributed by atoms with Crippen LogP contribution in [0.2, 0.25) is 0 Å². The number of rotatable bonds is 17. The van der Waals surface area contributed by atoms with Gasteiger partial charge in [-0.15, -0.1) is 5.10 Å². The highest BCUT2D eigenvalue weighted by molar-refractivity contribution is 6.23. The molecule has 2 fully saturated rings. The van der Waals surface area contributed by atoms with Crippen molar-refractivity contribution in [3.63, 3.8) is 0 Å². The van der Waals surface area contributed by atoms with Crippen molar-refractivity contribution in [3.8, 4) is 17.2 Å². The van der Waals surface area contributed by atoms with Crippen molar-refractivity contribution in [1.29, 1.82) is 0 Å². The Kier molecular flexibility index (Phi) is 13.5. The second-order valence-corrected chi connectivity index (χ2v) is 19.6. The molecule has 4 unspecified atom stereocenters. The van der Waals surface area contributed by atoms with Crippen LogP contribution in [0.15, 0.2) is 72.9 Å². The fourth-order valence-corrected chi connectivity index (χ4v) is 10.9. The fourth-order valence-electron chi connectivity index (χ4n) is 10.9. The van der Waals surface area contributed by atoms with Crippen molar-refractivity contribution in [2.24, 2.45) is 0 Å². The van der Waals surface area contributed by atoms with E-state index < -0.39 is 35.3 Å². The van der Waals surface area contributed by atoms with Crippen molar-refractivity contribution in [2.75, 3.05) is 13.2 Å². The molecule has 0 radical (unpaired) electrons. The maximum Gasteiger partial charge on any atom is 0.262 e. The predicted octanol–water partition coefficient (Wildman–Crippen LogP) is 7.77. The number of hydrogen-bond acceptors (Lipinski definition) is 11. The second kappa shape index (κ2) is 19.7. The minimum atomic E-state index is -1.01. The molecular weight excluding hydrogens is 861 g/mol. The number of aliphatic hydroxyl groups is 1. The maximum absolute atomic E-state index is 13.2. The standard InChI is InChI=1S/C54H62N6O8/c1-33-18-34(2)21-38(20-33)31-67-48-24-40-14-16-59-37(5)27-54(65,29-47(59)44(40)26-49(48)68-32-39-22-35(3)19-36(4)23-39)28-41-30-58(57-56-41)15-8-6-7-9-17-66-42-10-11-43-45(25-42)53(64)60(52(43)63)46-12-13-50(61)55-51(46)62/h10-11,18-26,30,37,46-47,65H,6-9,12-17,27-29,31-32H2,1-5H3,(H,55,61,62). The summed E-state index contributed by atoms with van der Waals surface area (Å²) >= 11 is 0. The van der Waals surface area contributed by atoms with E-state index >= 15 is 0 Å². The highest BCUT2D eigenvalue weighted by Crippen LogP contribution is 2.47. The molecule has 5 aromatic rings. The number of unbranched alkanes of at least 4 members (excludes halogenated alkanes) is 3. The second-order valence-electron chi connectivity index (χ2n) is 19.6. The Bertz CT molecular complexity index is 2710. The lowest BCUT2D eigenvalue weighted by Gasteiger charge is -2.50. The van der Waals surface area contributed by atoms with E-state index in [4.69, 9.17) is 14.2 Å². The molecule has 4 aliphatic rings. The van der Waals surface area contributed by atoms with E-state index in [1.165, 1.54) is 33.4 Å². The van der Waals surface area contributed by atoms with E-state index in [2.05, 4.69) is 104 Å². The van der Waals surface area contributed by atoms with E-state index in [0.29, 0.717) is 57.1 Å². The largest absolute Gasteiger partial charge is 0.494 e. The normalized spacial score (nSPS) is 21.3. The summed E-state index contributed by atoms with van der Waals surface area (Å²) in [6, 6.07) is 21.3. The van der Waals surface area contributed by atoms with Gasteiger partial charge in [-0.05, 0) is 132 Å². The minimum Gasteiger partial charge on any atom is -0.494 e. The number of carbonyl (C=O) groups is 4. The first-order chi connectivity index (χ1) is 32.7. The topological polar surface area (TPSA) is 165 Å². The lowest BCUT2D eigenvalue weighted by Crippen LogP contribution is -2.54. The SMILES string of the molecule is Cc1cc(C)cc(COc2cc3c(cc2OCc2cc(C)cc(C)c2)C2CC(O)(Cc4cn(CCCCCCOc5ccc6c(c5)C(=O)N(C5CCC(=O)NC5=O)C6=O)nn4)CC(C)N2CC3)c1. The van der Waals surface area contributed by atoms with Crippen LogP contribution in [-0.4, -0.2) is 84.4 Å². The van der Waals surface area contributed by atoms with Crippen LogP contribution >= 0.6 is 0 Å². The van der Waals surface area contributed by atoms with E-state index in [1.54, 1.807) is 18.2 Å². The summed E-state index contributed by atoms with van der Waals surface area (Å²) < 4.78 is 21.0. The van der Waals surface area contributed by atoms with Gasteiger partial charge in [0.2, 0.25) is 11.8 Å². The third-order valence-electron chi connectivity index (χ3n) is 13.8. The van der Waals surface area contributed by atoms with Crippen LogP contribution in [0, 0.1) is 27.7 Å². The van der Waals surface area contributed by atoms with Crippen LogP contribution in [0.4, 0.5) is 0 Å². The molecule has 356 valence electrons. The van der Waals surface area contributed by atoms with Gasteiger partial charge in [0.25, 0.3) is 11.8 Å². The van der Waals surface area contributed by atoms with Gasteiger partial charge in [-0.25, -0.2) is 0 Å². The van der Waals surface area contributed by atoms with Gasteiger partial charge in [0.05, 0.1) is 29.0 Å². The van der Waals surface area contributed by atoms with Crippen molar-refractivity contribution >= 4 is 23.6 Å². The molecule has 4 aliphatic heterocycles. The molecule has 9 rings (SSSR count). The third kappa shape index (κ3) is 10.4. The number of aryl methyl sites for hydroxylation is 5. The summed E-state index contributed by atoms with van der Waals surface area (Å²) in [7, 11) is 0. The number of fused-ring (bicyclic) bond motifs is 4. The number of hydrogen-bond donors (Lipinski definition) is 2. The quantitative estimate of drug-likeness (QED) is 0.0692. The summed E-state index contributed by atoms with van der Waals surface area (Å²) in [5.74, 6) is -0.216. The Morgan fingerprint density at radius 1 is 0.735 bits per heavy atom. The van der Waals surface area contributed by atoms with Crippen LogP contribution in [0.25, 0.3) is 0 Å². The maximum atomic E-state index is 13.2. The van der Waals surface area contributed by atoms with Crippen molar-refractivity contribution in [2.45, 2.75) is 142 Å². The van der Waals surface area contributed by atoms with Gasteiger partial charge in [0, 0.05) is 44.2 Å². The van der Waals surface area contributed by atoms with Gasteiger partial charge < -0.3 is 19.3 Å². The van der Waals surface area contributed by atoms with Crippen molar-refractivity contribution in [1.82, 2.24) is 30.1 Å². The molecular formula is C54H62N6O8. The predicted molar refractivity (Wildman–Crippen MR) is 255 cm³/mol. The summed E-state index contributed by atoms with van der Waals surface area (Å²) in [4.78, 5) is 53.7. The fraction of sp³-hybridized carbons (Fsp3) is 0.444. The lowest BCUT2D eigenvalue weighted by atomic mass is 9.75. The smallest absolute Gasteiger partial charge is 0.262 e. The number of carbonyl (C=O) groups excluding carboxylic acids is 4. The molecule has 68 heavy (non-hydrogen) atoms. The van der Waals surface area contributed by atoms with Gasteiger partial charge in [-0.3, -0.25) is 39.0 Å². The Labute approximate surface area is 398 Å². The van der Waals surface area contributed by atoms with Gasteiger partial charge >= 0.3 is 0 Å². The number of nitrogens with one attached hydrogen (secondary N) is 1. The Morgan fingerprint density at radius 3 is 2.09 bits per heavy atom. The number of piperidine rings is 2. The van der Waals surface area contributed by atoms with Crippen molar-refractivity contribution < 1.29 is 38.5 Å². The molecule has 4 aromatic carbocycles. The number of benzene rings is 4. The van der Waals surface area contributed by atoms with Gasteiger partial charge in [-0.2, -0.15) is 0 Å². The third-order valence-corrected chi connectivity index (χ3v) is 13.8. The zero-order valence-corrected chi connectivity index (χ0v) is 39.8. The molecule has 0 saturated carbocycles. The van der Waals surface area contributed by atoms with E-state index in [9.17, 15) is 24.3 Å². The molecule has 4 amide bonds. The van der Waals surface area contributed by atoms with Gasteiger partial charge in [-0.1, -0.05) is 70.3 Å². The zero-order valence-electron chi connectivity index (χ0n) is 39.8. The number of aromatic nitrogens is 3. The van der Waals surface area contributed by atoms with E-state index in [-0.39, 0.29) is 36.1 Å². The lowest BCUT2D eigenvalue weighted by molar-refractivity contribution is -0.136. The molecule has 0 bridgehead atoms. The number of nitrogens with zero attached hydrogens (tertiary/aromatic N) is 5. The highest BCUT2D eigenvalue weighted by atomic mass is 16.5. The Morgan fingerprint density at radius 2 is 1.40 bits per heavy atom. The first kappa shape index (κ1) is 46.7. The van der Waals surface area contributed by atoms with E-state index in [0.717, 1.165) is 66.1 Å². The number of ether oxygens (including phenoxy) is 3. The molecule has 0 spiro atoms. The Hall–Kier alpha value is -6.38. The minimum absolute atomic E-state index is 0.00769. The average molecular weight is 923 g/mol. The van der Waals surface area contributed by atoms with Crippen LogP contribution in [0.1, 0.15) is 135 Å².